The van der Waals surface area contributed by atoms with Crippen molar-refractivity contribution in [2.24, 2.45) is 5.73 Å². The predicted molar refractivity (Wildman–Crippen MR) is 60.9 cm³/mol. The fraction of sp³-hybridized carbons (Fsp3) is 0.700. The first-order valence-corrected chi connectivity index (χ1v) is 6.10. The molecule has 1 unspecified atom stereocenters. The Morgan fingerprint density at radius 2 is 2.60 bits per heavy atom. The van der Waals surface area contributed by atoms with E-state index in [1.807, 2.05) is 6.92 Å². The third-order valence-electron chi connectivity index (χ3n) is 2.65. The molecule has 2 heterocycles. The Morgan fingerprint density at radius 1 is 1.73 bits per heavy atom. The molecule has 2 N–H and O–H groups in total. The first-order valence-electron chi connectivity index (χ1n) is 5.22. The molecule has 0 radical (unpaired) electrons. The molecule has 0 spiro atoms. The van der Waals surface area contributed by atoms with Crippen molar-refractivity contribution in [2.75, 3.05) is 26.3 Å². The van der Waals surface area contributed by atoms with E-state index in [0.29, 0.717) is 12.6 Å². The van der Waals surface area contributed by atoms with E-state index in [0.717, 1.165) is 37.0 Å². The van der Waals surface area contributed by atoms with Crippen LogP contribution in [0.25, 0.3) is 0 Å². The number of hydrogen-bond acceptors (Lipinski definition) is 5. The average molecular weight is 227 g/mol. The van der Waals surface area contributed by atoms with Crippen LogP contribution in [0, 0.1) is 6.92 Å². The lowest BCUT2D eigenvalue weighted by atomic mass is 10.2. The molecule has 0 bridgehead atoms. The summed E-state index contributed by atoms with van der Waals surface area (Å²) in [6, 6.07) is 0.348. The summed E-state index contributed by atoms with van der Waals surface area (Å²) in [5.41, 5.74) is 6.86. The summed E-state index contributed by atoms with van der Waals surface area (Å²) in [7, 11) is 0. The minimum absolute atomic E-state index is 0.348. The Balaban J connectivity index is 1.97. The average Bonchev–Trinajstić information content (AvgIpc) is 2.65. The molecular formula is C10H17N3OS. The Bertz CT molecular complexity index is 315. The van der Waals surface area contributed by atoms with Crippen LogP contribution in [0.1, 0.15) is 10.7 Å². The van der Waals surface area contributed by atoms with Gasteiger partial charge in [0.05, 0.1) is 23.9 Å². The molecule has 2 rings (SSSR count). The van der Waals surface area contributed by atoms with Crippen LogP contribution in [0.2, 0.25) is 0 Å². The molecular weight excluding hydrogens is 210 g/mol. The van der Waals surface area contributed by atoms with Crippen LogP contribution in [0.3, 0.4) is 0 Å². The third kappa shape index (κ3) is 2.75. The smallest absolute Gasteiger partial charge is 0.0897 e. The first kappa shape index (κ1) is 11.0. The zero-order chi connectivity index (χ0) is 10.7. The Hall–Kier alpha value is -0.490. The van der Waals surface area contributed by atoms with Gasteiger partial charge in [-0.1, -0.05) is 0 Å². The second-order valence-electron chi connectivity index (χ2n) is 3.79. The molecule has 84 valence electrons. The third-order valence-corrected chi connectivity index (χ3v) is 3.48. The SMILES string of the molecule is Cc1nc(CN2CCOCC2CN)cs1. The molecule has 5 heteroatoms. The highest BCUT2D eigenvalue weighted by atomic mass is 32.1. The maximum absolute atomic E-state index is 5.71. The molecule has 1 aromatic heterocycles. The van der Waals surface area contributed by atoms with Crippen LogP contribution in [0.15, 0.2) is 5.38 Å². The van der Waals surface area contributed by atoms with Crippen LogP contribution in [-0.2, 0) is 11.3 Å². The topological polar surface area (TPSA) is 51.4 Å². The maximum atomic E-state index is 5.71. The van der Waals surface area contributed by atoms with Gasteiger partial charge in [0.2, 0.25) is 0 Å². The minimum atomic E-state index is 0.348. The van der Waals surface area contributed by atoms with E-state index < -0.39 is 0 Å². The molecule has 0 aromatic carbocycles. The molecule has 0 saturated carbocycles. The fourth-order valence-electron chi connectivity index (χ4n) is 1.80. The molecule has 1 aromatic rings. The van der Waals surface area contributed by atoms with E-state index in [9.17, 15) is 0 Å². The van der Waals surface area contributed by atoms with E-state index in [1.165, 1.54) is 0 Å². The summed E-state index contributed by atoms with van der Waals surface area (Å²) in [6.07, 6.45) is 0. The summed E-state index contributed by atoms with van der Waals surface area (Å²) in [5.74, 6) is 0. The van der Waals surface area contributed by atoms with Crippen molar-refractivity contribution in [1.82, 2.24) is 9.88 Å². The van der Waals surface area contributed by atoms with Crippen molar-refractivity contribution in [1.29, 1.82) is 0 Å². The Kier molecular flexibility index (Phi) is 3.69. The normalized spacial score (nSPS) is 23.2. The van der Waals surface area contributed by atoms with Gasteiger partial charge in [-0.2, -0.15) is 0 Å². The highest BCUT2D eigenvalue weighted by Gasteiger charge is 2.22. The summed E-state index contributed by atoms with van der Waals surface area (Å²) in [4.78, 5) is 6.83. The van der Waals surface area contributed by atoms with Crippen molar-refractivity contribution in [3.63, 3.8) is 0 Å². The largest absolute Gasteiger partial charge is 0.378 e. The lowest BCUT2D eigenvalue weighted by molar-refractivity contribution is -0.00839. The van der Waals surface area contributed by atoms with Crippen LogP contribution in [0.5, 0.6) is 0 Å². The summed E-state index contributed by atoms with van der Waals surface area (Å²) >= 11 is 1.70. The van der Waals surface area contributed by atoms with Gasteiger partial charge >= 0.3 is 0 Å². The number of nitrogens with zero attached hydrogens (tertiary/aromatic N) is 2. The van der Waals surface area contributed by atoms with Crippen molar-refractivity contribution >= 4 is 11.3 Å². The van der Waals surface area contributed by atoms with Gasteiger partial charge in [-0.3, -0.25) is 4.90 Å². The molecule has 0 amide bonds. The lowest BCUT2D eigenvalue weighted by Gasteiger charge is -2.34. The van der Waals surface area contributed by atoms with Crippen molar-refractivity contribution in [2.45, 2.75) is 19.5 Å². The molecule has 1 atom stereocenters. The molecule has 0 aliphatic carbocycles. The van der Waals surface area contributed by atoms with Gasteiger partial charge in [0.15, 0.2) is 0 Å². The number of hydrogen-bond donors (Lipinski definition) is 1. The van der Waals surface area contributed by atoms with Gasteiger partial charge in [0, 0.05) is 31.1 Å². The van der Waals surface area contributed by atoms with E-state index in [1.54, 1.807) is 11.3 Å². The molecule has 4 nitrogen and oxygen atoms in total. The Morgan fingerprint density at radius 3 is 3.27 bits per heavy atom. The van der Waals surface area contributed by atoms with Gasteiger partial charge in [-0.15, -0.1) is 11.3 Å². The van der Waals surface area contributed by atoms with E-state index >= 15 is 0 Å². The molecule has 1 saturated heterocycles. The van der Waals surface area contributed by atoms with Crippen molar-refractivity contribution in [3.8, 4) is 0 Å². The fourth-order valence-corrected chi connectivity index (χ4v) is 2.41. The second-order valence-corrected chi connectivity index (χ2v) is 4.86. The Labute approximate surface area is 94.1 Å². The number of ether oxygens (including phenoxy) is 1. The predicted octanol–water partition coefficient (Wildman–Crippen LogP) is 0.611. The summed E-state index contributed by atoms with van der Waals surface area (Å²) < 4.78 is 5.41. The van der Waals surface area contributed by atoms with E-state index in [2.05, 4.69) is 15.3 Å². The highest BCUT2D eigenvalue weighted by Crippen LogP contribution is 2.14. The van der Waals surface area contributed by atoms with Gasteiger partial charge in [0.25, 0.3) is 0 Å². The first-order chi connectivity index (χ1) is 7.29. The molecule has 15 heavy (non-hydrogen) atoms. The zero-order valence-electron chi connectivity index (χ0n) is 8.98. The van der Waals surface area contributed by atoms with Gasteiger partial charge in [0.1, 0.15) is 0 Å². The van der Waals surface area contributed by atoms with Crippen LogP contribution >= 0.6 is 11.3 Å². The number of aromatic nitrogens is 1. The van der Waals surface area contributed by atoms with E-state index in [4.69, 9.17) is 10.5 Å². The van der Waals surface area contributed by atoms with Gasteiger partial charge in [-0.05, 0) is 6.92 Å². The van der Waals surface area contributed by atoms with Gasteiger partial charge < -0.3 is 10.5 Å². The van der Waals surface area contributed by atoms with Crippen LogP contribution in [0.4, 0.5) is 0 Å². The summed E-state index contributed by atoms with van der Waals surface area (Å²) in [6.45, 7) is 6.10. The lowest BCUT2D eigenvalue weighted by Crippen LogP contribution is -2.48. The number of thiazole rings is 1. The molecule has 1 aliphatic rings. The maximum Gasteiger partial charge on any atom is 0.0897 e. The zero-order valence-corrected chi connectivity index (χ0v) is 9.80. The highest BCUT2D eigenvalue weighted by molar-refractivity contribution is 7.09. The van der Waals surface area contributed by atoms with Crippen LogP contribution < -0.4 is 5.73 Å². The van der Waals surface area contributed by atoms with Gasteiger partial charge in [-0.25, -0.2) is 4.98 Å². The van der Waals surface area contributed by atoms with E-state index in [-0.39, 0.29) is 0 Å². The number of morpholine rings is 1. The molecule has 1 aliphatic heterocycles. The minimum Gasteiger partial charge on any atom is -0.378 e. The molecule has 1 fully saturated rings. The number of rotatable bonds is 3. The number of aryl methyl sites for hydroxylation is 1. The summed E-state index contributed by atoms with van der Waals surface area (Å²) in [5, 5.41) is 3.25. The van der Waals surface area contributed by atoms with Crippen LogP contribution in [-0.4, -0.2) is 42.2 Å². The quantitative estimate of drug-likeness (QED) is 0.822. The monoisotopic (exact) mass is 227 g/mol. The second kappa shape index (κ2) is 5.03. The van der Waals surface area contributed by atoms with Crippen molar-refractivity contribution in [3.05, 3.63) is 16.1 Å². The van der Waals surface area contributed by atoms with Crippen molar-refractivity contribution < 1.29 is 4.74 Å². The number of nitrogens with two attached hydrogens (primary N) is 1. The standard InChI is InChI=1S/C10H17N3OS/c1-8-12-9(7-15-8)5-13-2-3-14-6-10(13)4-11/h7,10H,2-6,11H2,1H3.